The van der Waals surface area contributed by atoms with E-state index < -0.39 is 0 Å². The van der Waals surface area contributed by atoms with Gasteiger partial charge in [0.25, 0.3) is 5.91 Å². The lowest BCUT2D eigenvalue weighted by Gasteiger charge is -2.03. The van der Waals surface area contributed by atoms with Crippen molar-refractivity contribution in [3.8, 4) is 5.75 Å². The first-order valence-corrected chi connectivity index (χ1v) is 7.21. The van der Waals surface area contributed by atoms with Gasteiger partial charge in [0.1, 0.15) is 12.3 Å². The summed E-state index contributed by atoms with van der Waals surface area (Å²) >= 11 is 5.84. The van der Waals surface area contributed by atoms with Gasteiger partial charge in [-0.15, -0.1) is 0 Å². The second-order valence-electron chi connectivity index (χ2n) is 4.86. The molecule has 23 heavy (non-hydrogen) atoms. The molecule has 0 saturated carbocycles. The number of phenols is 1. The summed E-state index contributed by atoms with van der Waals surface area (Å²) < 4.78 is 1.73. The number of halogens is 1. The Hall–Kier alpha value is -2.86. The maximum Gasteiger partial charge on any atom is 0.260 e. The predicted octanol–water partition coefficient (Wildman–Crippen LogP) is 2.55. The average molecular weight is 329 g/mol. The highest BCUT2D eigenvalue weighted by Crippen LogP contribution is 2.19. The Bertz CT molecular complexity index is 889. The minimum absolute atomic E-state index is 0.0352. The third-order valence-corrected chi connectivity index (χ3v) is 3.46. The number of phenolic OH excluding ortho intramolecular Hbond substituents is 1. The molecule has 7 heteroatoms. The van der Waals surface area contributed by atoms with Gasteiger partial charge in [0.2, 0.25) is 0 Å². The lowest BCUT2D eigenvalue weighted by atomic mass is 10.2. The Balaban J connectivity index is 1.66. The molecule has 0 aliphatic heterocycles. The van der Waals surface area contributed by atoms with E-state index in [1.165, 1.54) is 12.3 Å². The van der Waals surface area contributed by atoms with Crippen LogP contribution in [-0.2, 0) is 11.3 Å². The molecule has 0 bridgehead atoms. The number of nitrogens with one attached hydrogen (secondary N) is 1. The maximum atomic E-state index is 11.9. The highest BCUT2D eigenvalue weighted by molar-refractivity contribution is 6.30. The number of hydrazone groups is 1. The van der Waals surface area contributed by atoms with Gasteiger partial charge in [-0.1, -0.05) is 23.7 Å². The van der Waals surface area contributed by atoms with E-state index in [1.54, 1.807) is 23.0 Å². The zero-order valence-corrected chi connectivity index (χ0v) is 12.7. The summed E-state index contributed by atoms with van der Waals surface area (Å²) in [4.78, 5) is 16.2. The van der Waals surface area contributed by atoms with Crippen molar-refractivity contribution in [3.05, 3.63) is 59.4 Å². The predicted molar refractivity (Wildman–Crippen MR) is 88.6 cm³/mol. The van der Waals surface area contributed by atoms with Crippen LogP contribution < -0.4 is 5.43 Å². The molecule has 3 rings (SSSR count). The summed E-state index contributed by atoms with van der Waals surface area (Å²) in [5, 5.41) is 14.0. The summed E-state index contributed by atoms with van der Waals surface area (Å²) in [7, 11) is 0. The monoisotopic (exact) mass is 328 g/mol. The third kappa shape index (κ3) is 3.49. The highest BCUT2D eigenvalue weighted by Gasteiger charge is 2.06. The van der Waals surface area contributed by atoms with E-state index in [-0.39, 0.29) is 18.2 Å². The number of carbonyl (C=O) groups is 1. The second-order valence-corrected chi connectivity index (χ2v) is 5.29. The first-order chi connectivity index (χ1) is 11.1. The van der Waals surface area contributed by atoms with Crippen LogP contribution in [0.1, 0.15) is 5.56 Å². The van der Waals surface area contributed by atoms with Gasteiger partial charge in [-0.25, -0.2) is 10.4 Å². The summed E-state index contributed by atoms with van der Waals surface area (Å²) in [6.07, 6.45) is 2.95. The molecule has 2 N–H and O–H groups in total. The number of imidazole rings is 1. The fraction of sp³-hybridized carbons (Fsp3) is 0.0625. The fourth-order valence-electron chi connectivity index (χ4n) is 2.13. The highest BCUT2D eigenvalue weighted by atomic mass is 35.5. The summed E-state index contributed by atoms with van der Waals surface area (Å²) in [6.45, 7) is 0.0966. The molecule has 0 atom stereocenters. The number of nitrogens with zero attached hydrogens (tertiary/aromatic N) is 3. The molecule has 1 aromatic heterocycles. The van der Waals surface area contributed by atoms with Crippen LogP contribution in [0, 0.1) is 0 Å². The molecule has 0 radical (unpaired) electrons. The molecule has 0 saturated heterocycles. The summed E-state index contributed by atoms with van der Waals surface area (Å²) in [5.41, 5.74) is 4.53. The number of benzene rings is 2. The molecular formula is C16H13ClN4O2. The van der Waals surface area contributed by atoms with Crippen molar-refractivity contribution in [3.63, 3.8) is 0 Å². The zero-order chi connectivity index (χ0) is 16.2. The molecule has 0 spiro atoms. The lowest BCUT2D eigenvalue weighted by molar-refractivity contribution is -0.121. The van der Waals surface area contributed by atoms with E-state index in [1.807, 2.05) is 24.3 Å². The van der Waals surface area contributed by atoms with Gasteiger partial charge in [-0.3, -0.25) is 4.79 Å². The number of carbonyl (C=O) groups excluding carboxylic acids is 1. The Morgan fingerprint density at radius 2 is 2.17 bits per heavy atom. The molecule has 116 valence electrons. The van der Waals surface area contributed by atoms with E-state index >= 15 is 0 Å². The molecule has 0 aliphatic carbocycles. The van der Waals surface area contributed by atoms with Crippen LogP contribution in [0.3, 0.4) is 0 Å². The molecule has 6 nitrogen and oxygen atoms in total. The van der Waals surface area contributed by atoms with Gasteiger partial charge < -0.3 is 9.67 Å². The van der Waals surface area contributed by atoms with Gasteiger partial charge in [0.15, 0.2) is 0 Å². The normalized spacial score (nSPS) is 11.2. The molecule has 1 heterocycles. The van der Waals surface area contributed by atoms with Crippen LogP contribution in [0.15, 0.2) is 53.9 Å². The van der Waals surface area contributed by atoms with Crippen LogP contribution in [0.25, 0.3) is 11.0 Å². The van der Waals surface area contributed by atoms with Crippen molar-refractivity contribution in [2.45, 2.75) is 6.54 Å². The molecule has 3 aromatic rings. The minimum Gasteiger partial charge on any atom is -0.507 e. The Labute approximate surface area is 137 Å². The third-order valence-electron chi connectivity index (χ3n) is 3.22. The van der Waals surface area contributed by atoms with Gasteiger partial charge in [-0.2, -0.15) is 5.10 Å². The van der Waals surface area contributed by atoms with Crippen LogP contribution in [-0.4, -0.2) is 26.8 Å². The number of aromatic nitrogens is 2. The first-order valence-electron chi connectivity index (χ1n) is 6.84. The van der Waals surface area contributed by atoms with Crippen molar-refractivity contribution in [1.29, 1.82) is 0 Å². The Morgan fingerprint density at radius 3 is 3.04 bits per heavy atom. The van der Waals surface area contributed by atoms with Crippen LogP contribution in [0.5, 0.6) is 5.75 Å². The molecule has 1 amide bonds. The molecule has 2 aromatic carbocycles. The number of rotatable bonds is 4. The quantitative estimate of drug-likeness (QED) is 0.570. The Morgan fingerprint density at radius 1 is 1.35 bits per heavy atom. The van der Waals surface area contributed by atoms with Crippen molar-refractivity contribution in [1.82, 2.24) is 15.0 Å². The first kappa shape index (κ1) is 15.1. The van der Waals surface area contributed by atoms with Crippen molar-refractivity contribution in [2.75, 3.05) is 0 Å². The van der Waals surface area contributed by atoms with Crippen molar-refractivity contribution >= 4 is 34.8 Å². The topological polar surface area (TPSA) is 79.5 Å². The van der Waals surface area contributed by atoms with E-state index in [0.29, 0.717) is 10.6 Å². The number of aromatic hydroxyl groups is 1. The second kappa shape index (κ2) is 6.50. The number of fused-ring (bicyclic) bond motifs is 1. The van der Waals surface area contributed by atoms with E-state index in [4.69, 9.17) is 11.6 Å². The summed E-state index contributed by atoms with van der Waals surface area (Å²) in [6, 6.07) is 12.1. The smallest absolute Gasteiger partial charge is 0.260 e. The largest absolute Gasteiger partial charge is 0.507 e. The van der Waals surface area contributed by atoms with Gasteiger partial charge >= 0.3 is 0 Å². The lowest BCUT2D eigenvalue weighted by Crippen LogP contribution is -2.22. The van der Waals surface area contributed by atoms with E-state index in [2.05, 4.69) is 15.5 Å². The fourth-order valence-corrected chi connectivity index (χ4v) is 2.31. The average Bonchev–Trinajstić information content (AvgIpc) is 2.94. The van der Waals surface area contributed by atoms with Crippen molar-refractivity contribution < 1.29 is 9.90 Å². The molecule has 0 unspecified atom stereocenters. The standard InChI is InChI=1S/C16H13ClN4O2/c17-12-5-6-15(22)11(7-12)8-19-20-16(23)9-21-10-18-13-3-1-2-4-14(13)21/h1-8,10,22H,9H2,(H,20,23)/b19-8+. The molecular weight excluding hydrogens is 316 g/mol. The van der Waals surface area contributed by atoms with Crippen LogP contribution in [0.4, 0.5) is 0 Å². The SMILES string of the molecule is O=C(Cn1cnc2ccccc21)N/N=C/c1cc(Cl)ccc1O. The Kier molecular flexibility index (Phi) is 4.25. The van der Waals surface area contributed by atoms with E-state index in [9.17, 15) is 9.90 Å². The number of hydrogen-bond donors (Lipinski definition) is 2. The zero-order valence-electron chi connectivity index (χ0n) is 12.0. The summed E-state index contributed by atoms with van der Waals surface area (Å²) in [5.74, 6) is -0.265. The van der Waals surface area contributed by atoms with Gasteiger partial charge in [0.05, 0.1) is 23.6 Å². The van der Waals surface area contributed by atoms with Crippen LogP contribution in [0.2, 0.25) is 5.02 Å². The molecule has 0 fully saturated rings. The minimum atomic E-state index is -0.300. The molecule has 0 aliphatic rings. The van der Waals surface area contributed by atoms with E-state index in [0.717, 1.165) is 11.0 Å². The van der Waals surface area contributed by atoms with Crippen LogP contribution >= 0.6 is 11.6 Å². The number of para-hydroxylation sites is 2. The number of hydrogen-bond acceptors (Lipinski definition) is 4. The van der Waals surface area contributed by atoms with Gasteiger partial charge in [-0.05, 0) is 30.3 Å². The van der Waals surface area contributed by atoms with Gasteiger partial charge in [0, 0.05) is 10.6 Å². The number of amides is 1. The maximum absolute atomic E-state index is 11.9. The van der Waals surface area contributed by atoms with Crippen molar-refractivity contribution in [2.24, 2.45) is 5.10 Å².